The van der Waals surface area contributed by atoms with Crippen LogP contribution < -0.4 is 14.7 Å². The lowest BCUT2D eigenvalue weighted by molar-refractivity contribution is 0.668. The van der Waals surface area contributed by atoms with Crippen molar-refractivity contribution in [1.29, 1.82) is 0 Å². The number of hydrogen-bond donors (Lipinski definition) is 0. The summed E-state index contributed by atoms with van der Waals surface area (Å²) in [5.41, 5.74) is 35.1. The first-order valence-electron chi connectivity index (χ1n) is 49.3. The third-order valence-corrected chi connectivity index (χ3v) is 28.1. The number of para-hydroxylation sites is 8. The van der Waals surface area contributed by atoms with Gasteiger partial charge in [0.05, 0.1) is 11.4 Å². The van der Waals surface area contributed by atoms with E-state index in [0.717, 1.165) is 200 Å². The minimum Gasteiger partial charge on any atom is -0.456 e. The molecule has 0 saturated carbocycles. The zero-order valence-electron chi connectivity index (χ0n) is 79.0. The topological polar surface area (TPSA) is 62.3 Å². The molecular weight excluding hydrogens is 1760 g/mol. The normalized spacial score (nSPS) is 11.4. The first kappa shape index (κ1) is 86.0. The van der Waals surface area contributed by atoms with Crippen molar-refractivity contribution in [2.45, 2.75) is 0 Å². The molecule has 28 aromatic rings. The molecule has 0 aliphatic heterocycles. The average Bonchev–Trinajstić information content (AvgIpc) is 1.60. The summed E-state index contributed by atoms with van der Waals surface area (Å²) in [7, 11) is 0. The summed E-state index contributed by atoms with van der Waals surface area (Å²) < 4.78 is 26.3. The predicted octanol–water partition coefficient (Wildman–Crippen LogP) is 39.9. The maximum atomic E-state index is 6.88. The highest BCUT2D eigenvalue weighted by Crippen LogP contribution is 2.50. The first-order valence-corrected chi connectivity index (χ1v) is 49.3. The third kappa shape index (κ3) is 16.4. The van der Waals surface area contributed by atoms with E-state index in [1.807, 2.05) is 18.2 Å². The molecule has 0 aliphatic carbocycles. The van der Waals surface area contributed by atoms with Gasteiger partial charge in [0.25, 0.3) is 0 Å². The Bertz CT molecular complexity index is 9660. The summed E-state index contributed by atoms with van der Waals surface area (Å²) in [6.07, 6.45) is 0. The maximum Gasteiger partial charge on any atom is 0.143 e. The molecule has 0 unspecified atom stereocenters. The summed E-state index contributed by atoms with van der Waals surface area (Å²) in [4.78, 5) is 7.04. The Morgan fingerprint density at radius 3 is 0.931 bits per heavy atom. The SMILES string of the molecule is c1ccc(-c2cc(-c3ccc4oc5ccc(-c6ccc7ccccc7c6)cc5c4c3)cc(N(c3ccccc3)c3ccccc3)c2)cc1.c1ccc(-c2ccc(N(c3cccc(-c4cccc5c4oc4c(-c6ccccc6)cccc45)c3)c3cccc4ccccc34)cc2)cc1.c1ccc(N(c2cccc(-c3cccc4c3oc3c(-c5ccc6c(c5)oc5ccccc56)cccc34)c2)c2cccc3ccccc23)cc1. The van der Waals surface area contributed by atoms with Crippen LogP contribution in [-0.4, -0.2) is 0 Å². The Hall–Kier alpha value is -19.3. The van der Waals surface area contributed by atoms with Crippen molar-refractivity contribution in [1.82, 2.24) is 0 Å². The fourth-order valence-electron chi connectivity index (χ4n) is 21.2. The van der Waals surface area contributed by atoms with Gasteiger partial charge in [-0.1, -0.05) is 400 Å². The van der Waals surface area contributed by atoms with Crippen LogP contribution in [0.1, 0.15) is 0 Å². The zero-order valence-corrected chi connectivity index (χ0v) is 79.0. The van der Waals surface area contributed by atoms with Gasteiger partial charge in [-0.25, -0.2) is 0 Å². The fraction of sp³-hybridized carbons (Fsp3) is 0. The van der Waals surface area contributed by atoms with Crippen LogP contribution >= 0.6 is 0 Å². The minimum absolute atomic E-state index is 0.873. The van der Waals surface area contributed by atoms with E-state index in [2.05, 4.69) is 549 Å². The molecule has 7 nitrogen and oxygen atoms in total. The summed E-state index contributed by atoms with van der Waals surface area (Å²) >= 11 is 0. The summed E-state index contributed by atoms with van der Waals surface area (Å²) in [6.45, 7) is 0. The molecular formula is C138H91N3O4. The molecule has 0 N–H and O–H groups in total. The molecule has 24 aromatic carbocycles. The summed E-state index contributed by atoms with van der Waals surface area (Å²) in [5.74, 6) is 0. The average molecular weight is 1860 g/mol. The van der Waals surface area contributed by atoms with Gasteiger partial charge in [0.15, 0.2) is 0 Å². The van der Waals surface area contributed by atoms with Crippen molar-refractivity contribution < 1.29 is 17.7 Å². The smallest absolute Gasteiger partial charge is 0.143 e. The Balaban J connectivity index is 0.000000111. The lowest BCUT2D eigenvalue weighted by Gasteiger charge is -2.27. The highest BCUT2D eigenvalue weighted by atomic mass is 16.3. The van der Waals surface area contributed by atoms with Gasteiger partial charge in [-0.05, 0) is 240 Å². The molecule has 0 spiro atoms. The molecule has 0 aliphatic rings. The molecule has 0 bridgehead atoms. The number of fused-ring (bicyclic) bond motifs is 15. The van der Waals surface area contributed by atoms with E-state index >= 15 is 0 Å². The van der Waals surface area contributed by atoms with E-state index < -0.39 is 0 Å². The van der Waals surface area contributed by atoms with Crippen LogP contribution in [0.4, 0.5) is 51.2 Å². The summed E-state index contributed by atoms with van der Waals surface area (Å²) in [6, 6.07) is 196. The zero-order chi connectivity index (χ0) is 96.0. The van der Waals surface area contributed by atoms with Gasteiger partial charge < -0.3 is 32.4 Å². The number of nitrogens with zero attached hydrogens (tertiary/aromatic N) is 3. The molecule has 28 rings (SSSR count). The molecule has 0 amide bonds. The van der Waals surface area contributed by atoms with Crippen LogP contribution in [0.5, 0.6) is 0 Å². The van der Waals surface area contributed by atoms with Gasteiger partial charge in [-0.15, -0.1) is 0 Å². The Morgan fingerprint density at radius 1 is 0.117 bits per heavy atom. The van der Waals surface area contributed by atoms with Crippen LogP contribution in [0, 0.1) is 0 Å². The van der Waals surface area contributed by atoms with E-state index in [1.54, 1.807) is 0 Å². The largest absolute Gasteiger partial charge is 0.456 e. The van der Waals surface area contributed by atoms with Gasteiger partial charge in [0.2, 0.25) is 0 Å². The van der Waals surface area contributed by atoms with Crippen LogP contribution in [0.3, 0.4) is 0 Å². The Labute approximate surface area is 838 Å². The second-order valence-corrected chi connectivity index (χ2v) is 36.9. The fourth-order valence-corrected chi connectivity index (χ4v) is 21.2. The molecule has 4 heterocycles. The monoisotopic (exact) mass is 1850 g/mol. The van der Waals surface area contributed by atoms with Gasteiger partial charge in [0, 0.05) is 116 Å². The van der Waals surface area contributed by atoms with Gasteiger partial charge in [-0.3, -0.25) is 0 Å². The predicted molar refractivity (Wildman–Crippen MR) is 608 cm³/mol. The van der Waals surface area contributed by atoms with Crippen molar-refractivity contribution in [3.63, 3.8) is 0 Å². The van der Waals surface area contributed by atoms with Crippen LogP contribution in [0.15, 0.2) is 570 Å². The van der Waals surface area contributed by atoms with Crippen LogP contribution in [0.25, 0.3) is 209 Å². The van der Waals surface area contributed by atoms with E-state index in [0.29, 0.717) is 0 Å². The van der Waals surface area contributed by atoms with E-state index in [9.17, 15) is 0 Å². The Morgan fingerprint density at radius 2 is 0.421 bits per heavy atom. The van der Waals surface area contributed by atoms with Crippen LogP contribution in [0.2, 0.25) is 0 Å². The molecule has 145 heavy (non-hydrogen) atoms. The number of benzene rings is 24. The molecule has 682 valence electrons. The number of anilines is 9. The molecule has 0 radical (unpaired) electrons. The van der Waals surface area contributed by atoms with Crippen molar-refractivity contribution in [2.75, 3.05) is 14.7 Å². The number of hydrogen-bond acceptors (Lipinski definition) is 7. The minimum atomic E-state index is 0.873. The van der Waals surface area contributed by atoms with Gasteiger partial charge in [0.1, 0.15) is 44.7 Å². The third-order valence-electron chi connectivity index (χ3n) is 28.1. The second-order valence-electron chi connectivity index (χ2n) is 36.9. The number of furan rings is 4. The lowest BCUT2D eigenvalue weighted by Crippen LogP contribution is -2.10. The molecule has 0 atom stereocenters. The van der Waals surface area contributed by atoms with Gasteiger partial charge >= 0.3 is 0 Å². The number of rotatable bonds is 17. The van der Waals surface area contributed by atoms with Crippen molar-refractivity contribution in [3.05, 3.63) is 552 Å². The van der Waals surface area contributed by atoms with E-state index in [1.165, 1.54) is 60.1 Å². The van der Waals surface area contributed by atoms with Crippen molar-refractivity contribution in [2.24, 2.45) is 0 Å². The second kappa shape index (κ2) is 37.4. The van der Waals surface area contributed by atoms with Crippen molar-refractivity contribution in [3.8, 4) is 89.0 Å². The van der Waals surface area contributed by atoms with E-state index in [4.69, 9.17) is 17.7 Å². The van der Waals surface area contributed by atoms with Crippen LogP contribution in [-0.2, 0) is 0 Å². The lowest BCUT2D eigenvalue weighted by atomic mass is 9.95. The summed E-state index contributed by atoms with van der Waals surface area (Å²) in [5, 5.41) is 16.2. The quantitative estimate of drug-likeness (QED) is 0.0900. The molecule has 4 aromatic heterocycles. The highest BCUT2D eigenvalue weighted by Gasteiger charge is 2.26. The van der Waals surface area contributed by atoms with Crippen molar-refractivity contribution >= 4 is 171 Å². The highest BCUT2D eigenvalue weighted by molar-refractivity contribution is 6.17. The first-order chi connectivity index (χ1) is 71.9. The maximum absolute atomic E-state index is 6.88. The molecule has 7 heteroatoms. The standard InChI is InChI=1S/C46H29NO2.2C46H31NO/c1-2-15-33(16-3-1)47(42-24-9-13-30-12-4-5-18-35(30)42)34-17-8-14-31(28-34)36-20-10-22-40-41-23-11-21-37(46(41)49-45(36)40)32-26-27-39-38-19-6-7-25-43(38)48-44(39)29-32;1-4-12-32(13-5-1)38-27-39(29-42(28-38)47(40-16-6-2-7-17-40)41-18-8-3-9-19-41)37-23-25-46-44(31-37)43-30-36(22-24-45(43)48-46)35-21-20-33-14-10-11-15-34(33)26-35;1-3-13-32(14-4-1)33-27-29-37(30-28-33)47(44-26-10-18-34-17-7-8-21-39(34)44)38-20-9-19-36(31-38)41-23-12-25-43-42-24-11-22-40(45(42)48-46(41)43)35-15-5-2-6-16-35/h1-29H;2*1-31H. The van der Waals surface area contributed by atoms with E-state index in [-0.39, 0.29) is 0 Å². The molecule has 0 fully saturated rings. The van der Waals surface area contributed by atoms with Gasteiger partial charge in [-0.2, -0.15) is 0 Å². The molecule has 0 saturated heterocycles. The Kier molecular flexibility index (Phi) is 22.2.